The summed E-state index contributed by atoms with van der Waals surface area (Å²) in [6.45, 7) is 2.00. The fourth-order valence-corrected chi connectivity index (χ4v) is 1.94. The van der Waals surface area contributed by atoms with Crippen LogP contribution in [0.4, 0.5) is 4.39 Å². The first-order valence-corrected chi connectivity index (χ1v) is 6.22. The summed E-state index contributed by atoms with van der Waals surface area (Å²) in [4.78, 5) is 0. The fraction of sp³-hybridized carbons (Fsp3) is 0.231. The van der Waals surface area contributed by atoms with Crippen LogP contribution in [0.15, 0.2) is 39.2 Å². The van der Waals surface area contributed by atoms with Crippen LogP contribution in [0.5, 0.6) is 0 Å². The van der Waals surface area contributed by atoms with E-state index >= 15 is 0 Å². The quantitative estimate of drug-likeness (QED) is 0.919. The normalized spacial score (nSPS) is 12.7. The van der Waals surface area contributed by atoms with Gasteiger partial charge in [-0.3, -0.25) is 0 Å². The molecule has 0 bridgehead atoms. The van der Waals surface area contributed by atoms with Crippen LogP contribution in [-0.4, -0.2) is 0 Å². The van der Waals surface area contributed by atoms with Crippen molar-refractivity contribution in [1.29, 1.82) is 0 Å². The molecular weight excluding hydrogens is 285 g/mol. The maximum absolute atomic E-state index is 13.1. The third-order valence-corrected chi connectivity index (χ3v) is 3.24. The van der Waals surface area contributed by atoms with Crippen molar-refractivity contribution < 1.29 is 8.81 Å². The fourth-order valence-electron chi connectivity index (χ4n) is 1.56. The Balaban J connectivity index is 2.33. The van der Waals surface area contributed by atoms with E-state index in [-0.39, 0.29) is 11.9 Å². The zero-order valence-electron chi connectivity index (χ0n) is 9.41. The Bertz CT molecular complexity index is 524. The van der Waals surface area contributed by atoms with Crippen LogP contribution >= 0.6 is 15.9 Å². The molecule has 2 rings (SSSR count). The van der Waals surface area contributed by atoms with Gasteiger partial charge in [0, 0.05) is 5.56 Å². The highest BCUT2D eigenvalue weighted by molar-refractivity contribution is 9.10. The molecule has 0 amide bonds. The van der Waals surface area contributed by atoms with Gasteiger partial charge in [-0.25, -0.2) is 4.39 Å². The van der Waals surface area contributed by atoms with E-state index in [0.717, 1.165) is 17.7 Å². The molecule has 2 aromatic rings. The zero-order valence-corrected chi connectivity index (χ0v) is 11.0. The van der Waals surface area contributed by atoms with E-state index in [9.17, 15) is 4.39 Å². The topological polar surface area (TPSA) is 39.2 Å². The van der Waals surface area contributed by atoms with Crippen molar-refractivity contribution in [3.05, 3.63) is 46.4 Å². The molecular formula is C13H13BrFNO. The van der Waals surface area contributed by atoms with Crippen LogP contribution in [0.25, 0.3) is 11.3 Å². The Labute approximate surface area is 108 Å². The largest absolute Gasteiger partial charge is 0.459 e. The first-order chi connectivity index (χ1) is 8.11. The summed E-state index contributed by atoms with van der Waals surface area (Å²) in [7, 11) is 0. The molecule has 1 unspecified atom stereocenters. The van der Waals surface area contributed by atoms with Gasteiger partial charge in [-0.05, 0) is 52.7 Å². The third-order valence-electron chi connectivity index (χ3n) is 2.64. The van der Waals surface area contributed by atoms with Crippen LogP contribution in [0.3, 0.4) is 0 Å². The molecule has 0 spiro atoms. The highest BCUT2D eigenvalue weighted by atomic mass is 79.9. The number of nitrogens with two attached hydrogens (primary N) is 1. The molecule has 0 saturated heterocycles. The van der Waals surface area contributed by atoms with Gasteiger partial charge in [0.05, 0.1) is 10.5 Å². The van der Waals surface area contributed by atoms with Gasteiger partial charge in [-0.2, -0.15) is 0 Å². The molecule has 0 aliphatic heterocycles. The number of halogens is 2. The van der Waals surface area contributed by atoms with Crippen molar-refractivity contribution in [2.75, 3.05) is 0 Å². The summed E-state index contributed by atoms with van der Waals surface area (Å²) in [5.74, 6) is 1.17. The Morgan fingerprint density at radius 1 is 1.35 bits per heavy atom. The summed E-state index contributed by atoms with van der Waals surface area (Å²) in [5.41, 5.74) is 6.70. The molecule has 1 heterocycles. The molecule has 0 aliphatic carbocycles. The van der Waals surface area contributed by atoms with Gasteiger partial charge in [0.1, 0.15) is 17.3 Å². The average molecular weight is 298 g/mol. The molecule has 0 saturated carbocycles. The molecule has 0 radical (unpaired) electrons. The lowest BCUT2D eigenvalue weighted by Gasteiger charge is -2.04. The van der Waals surface area contributed by atoms with Gasteiger partial charge >= 0.3 is 0 Å². The van der Waals surface area contributed by atoms with E-state index in [1.165, 1.54) is 6.07 Å². The van der Waals surface area contributed by atoms with Crippen molar-refractivity contribution >= 4 is 15.9 Å². The second-order valence-corrected chi connectivity index (χ2v) is 4.70. The van der Waals surface area contributed by atoms with E-state index in [1.807, 2.05) is 19.1 Å². The van der Waals surface area contributed by atoms with Gasteiger partial charge in [-0.15, -0.1) is 0 Å². The van der Waals surface area contributed by atoms with Crippen LogP contribution in [0.1, 0.15) is 25.1 Å². The summed E-state index contributed by atoms with van der Waals surface area (Å²) in [5, 5.41) is 0. The van der Waals surface area contributed by atoms with Crippen molar-refractivity contribution in [2.24, 2.45) is 5.73 Å². The lowest BCUT2D eigenvalue weighted by atomic mass is 10.1. The van der Waals surface area contributed by atoms with Crippen LogP contribution in [0.2, 0.25) is 0 Å². The summed E-state index contributed by atoms with van der Waals surface area (Å²) in [6.07, 6.45) is 0.820. The Morgan fingerprint density at radius 3 is 2.76 bits per heavy atom. The molecule has 17 heavy (non-hydrogen) atoms. The Hall–Kier alpha value is -1.13. The van der Waals surface area contributed by atoms with Gasteiger partial charge in [0.2, 0.25) is 0 Å². The van der Waals surface area contributed by atoms with E-state index in [2.05, 4.69) is 15.9 Å². The number of hydrogen-bond donors (Lipinski definition) is 1. The maximum Gasteiger partial charge on any atom is 0.137 e. The van der Waals surface area contributed by atoms with Crippen LogP contribution in [-0.2, 0) is 0 Å². The van der Waals surface area contributed by atoms with Crippen molar-refractivity contribution in [2.45, 2.75) is 19.4 Å². The van der Waals surface area contributed by atoms with E-state index in [0.29, 0.717) is 10.2 Å². The maximum atomic E-state index is 13.1. The molecule has 1 atom stereocenters. The average Bonchev–Trinajstić information content (AvgIpc) is 2.81. The minimum absolute atomic E-state index is 0.0901. The zero-order chi connectivity index (χ0) is 12.4. The SMILES string of the molecule is CCC(N)c1ccc(-c2ccc(F)c(Br)c2)o1. The van der Waals surface area contributed by atoms with Crippen molar-refractivity contribution in [1.82, 2.24) is 0 Å². The third kappa shape index (κ3) is 2.58. The second-order valence-electron chi connectivity index (χ2n) is 3.85. The van der Waals surface area contributed by atoms with E-state index in [1.54, 1.807) is 12.1 Å². The minimum Gasteiger partial charge on any atom is -0.459 e. The molecule has 0 fully saturated rings. The number of furan rings is 1. The molecule has 1 aromatic carbocycles. The lowest BCUT2D eigenvalue weighted by Crippen LogP contribution is -2.06. The molecule has 2 N–H and O–H groups in total. The summed E-state index contributed by atoms with van der Waals surface area (Å²) < 4.78 is 19.2. The van der Waals surface area contributed by atoms with Crippen LogP contribution < -0.4 is 5.73 Å². The highest BCUT2D eigenvalue weighted by Crippen LogP contribution is 2.28. The first kappa shape index (κ1) is 12.3. The predicted octanol–water partition coefficient (Wildman–Crippen LogP) is 4.26. The molecule has 2 nitrogen and oxygen atoms in total. The van der Waals surface area contributed by atoms with Crippen molar-refractivity contribution in [3.8, 4) is 11.3 Å². The van der Waals surface area contributed by atoms with E-state index < -0.39 is 0 Å². The molecule has 1 aromatic heterocycles. The van der Waals surface area contributed by atoms with Crippen molar-refractivity contribution in [3.63, 3.8) is 0 Å². The van der Waals surface area contributed by atoms with Gasteiger partial charge < -0.3 is 10.2 Å². The Morgan fingerprint density at radius 2 is 2.12 bits per heavy atom. The predicted molar refractivity (Wildman–Crippen MR) is 69.0 cm³/mol. The van der Waals surface area contributed by atoms with Gasteiger partial charge in [0.15, 0.2) is 0 Å². The van der Waals surface area contributed by atoms with Crippen LogP contribution in [0, 0.1) is 5.82 Å². The second kappa shape index (κ2) is 5.02. The molecule has 0 aliphatic rings. The highest BCUT2D eigenvalue weighted by Gasteiger charge is 2.11. The van der Waals surface area contributed by atoms with Gasteiger partial charge in [0.25, 0.3) is 0 Å². The molecule has 4 heteroatoms. The monoisotopic (exact) mass is 297 g/mol. The first-order valence-electron chi connectivity index (χ1n) is 5.42. The number of hydrogen-bond acceptors (Lipinski definition) is 2. The lowest BCUT2D eigenvalue weighted by molar-refractivity contribution is 0.470. The standard InChI is InChI=1S/C13H13BrFNO/c1-2-11(16)13-6-5-12(17-13)8-3-4-10(15)9(14)7-8/h3-7,11H,2,16H2,1H3. The summed E-state index contributed by atoms with van der Waals surface area (Å²) in [6, 6.07) is 8.40. The number of rotatable bonds is 3. The smallest absolute Gasteiger partial charge is 0.137 e. The van der Waals surface area contributed by atoms with E-state index in [4.69, 9.17) is 10.2 Å². The minimum atomic E-state index is -0.286. The number of benzene rings is 1. The molecule has 90 valence electrons. The van der Waals surface area contributed by atoms with Gasteiger partial charge in [-0.1, -0.05) is 6.92 Å². The summed E-state index contributed by atoms with van der Waals surface area (Å²) >= 11 is 3.15. The Kier molecular flexibility index (Phi) is 3.64.